The Labute approximate surface area is 454 Å². The second-order valence-corrected chi connectivity index (χ2v) is 20.9. The van der Waals surface area contributed by atoms with Gasteiger partial charge in [0, 0.05) is 6.54 Å². The van der Waals surface area contributed by atoms with Crippen LogP contribution in [0.5, 0.6) is 0 Å². The van der Waals surface area contributed by atoms with Crippen LogP contribution >= 0.6 is 0 Å². The summed E-state index contributed by atoms with van der Waals surface area (Å²) in [5, 5.41) is 34.5. The molecule has 0 aromatic carbocycles. The number of aliphatic hydroxyl groups is 1. The first-order valence-electron chi connectivity index (χ1n) is 26.8. The van der Waals surface area contributed by atoms with E-state index < -0.39 is 137 Å². The molecule has 0 fully saturated rings. The molecule has 0 aliphatic heterocycles. The fourth-order valence-corrected chi connectivity index (χ4v) is 7.84. The summed E-state index contributed by atoms with van der Waals surface area (Å²) in [7, 11) is 0. The number of unbranched alkanes of at least 4 members (excludes halogenated alkanes) is 2. The molecule has 442 valence electrons. The van der Waals surface area contributed by atoms with Gasteiger partial charge in [-0.15, -0.1) is 0 Å². The molecule has 10 amide bonds. The minimum absolute atomic E-state index is 0.00999. The maximum Gasteiger partial charge on any atom is 0.245 e. The molecule has 0 aliphatic carbocycles. The second-order valence-electron chi connectivity index (χ2n) is 20.9. The molecule has 0 aliphatic rings. The number of guanidine groups is 1. The summed E-state index contributed by atoms with van der Waals surface area (Å²) in [5.41, 5.74) is 33.6. The summed E-state index contributed by atoms with van der Waals surface area (Å²) in [4.78, 5) is 140. The Hall–Kier alpha value is -6.19. The van der Waals surface area contributed by atoms with Gasteiger partial charge in [-0.25, -0.2) is 0 Å². The Bertz CT molecular complexity index is 1950. The Morgan fingerprint density at radius 1 is 0.416 bits per heavy atom. The number of rotatable bonds is 38. The fourth-order valence-electron chi connectivity index (χ4n) is 7.84. The van der Waals surface area contributed by atoms with Crippen LogP contribution in [0.3, 0.4) is 0 Å². The molecule has 11 atom stereocenters. The van der Waals surface area contributed by atoms with E-state index >= 15 is 0 Å². The quantitative estimate of drug-likeness (QED) is 0.0160. The van der Waals surface area contributed by atoms with Crippen LogP contribution in [0.25, 0.3) is 0 Å². The molecule has 77 heavy (non-hydrogen) atoms. The molecule has 0 radical (unpaired) electrons. The highest BCUT2D eigenvalue weighted by Crippen LogP contribution is 2.14. The number of amides is 10. The minimum atomic E-state index is -1.64. The molecule has 0 rings (SSSR count). The number of carbonyl (C=O) groups excluding carboxylic acids is 10. The molecule has 27 nitrogen and oxygen atoms in total. The van der Waals surface area contributed by atoms with Crippen LogP contribution in [0.2, 0.25) is 0 Å². The lowest BCUT2D eigenvalue weighted by Crippen LogP contribution is -2.63. The third-order valence-electron chi connectivity index (χ3n) is 12.8. The zero-order valence-electron chi connectivity index (χ0n) is 47.3. The molecule has 0 aromatic heterocycles. The summed E-state index contributed by atoms with van der Waals surface area (Å²) in [5.74, 6) is -10.2. The van der Waals surface area contributed by atoms with Gasteiger partial charge in [-0.2, -0.15) is 0 Å². The molecule has 0 heterocycles. The average Bonchev–Trinajstić information content (AvgIpc) is 3.35. The van der Waals surface area contributed by atoms with Gasteiger partial charge in [0.2, 0.25) is 59.1 Å². The fraction of sp³-hybridized carbons (Fsp3) is 0.780. The monoisotopic (exact) mass is 1100 g/mol. The van der Waals surface area contributed by atoms with Crippen LogP contribution in [0, 0.1) is 29.6 Å². The Kier molecular flexibility index (Phi) is 33.8. The number of hydrogen-bond acceptors (Lipinski definition) is 15. The summed E-state index contributed by atoms with van der Waals surface area (Å²) in [6, 6.07) is -11.3. The molecule has 22 N–H and O–H groups in total. The Morgan fingerprint density at radius 2 is 0.740 bits per heavy atom. The molecular formula is C50H96N16O11. The van der Waals surface area contributed by atoms with Crippen molar-refractivity contribution in [2.24, 2.45) is 69.0 Å². The first kappa shape index (κ1) is 70.8. The van der Waals surface area contributed by atoms with Crippen molar-refractivity contribution < 1.29 is 53.1 Å². The smallest absolute Gasteiger partial charge is 0.245 e. The third-order valence-corrected chi connectivity index (χ3v) is 12.8. The minimum Gasteiger partial charge on any atom is -0.391 e. The van der Waals surface area contributed by atoms with Gasteiger partial charge < -0.3 is 87.4 Å². The highest BCUT2D eigenvalue weighted by molar-refractivity contribution is 5.99. The lowest BCUT2D eigenvalue weighted by Gasteiger charge is -2.31. The largest absolute Gasteiger partial charge is 0.391 e. The van der Waals surface area contributed by atoms with Gasteiger partial charge in [0.05, 0.1) is 12.6 Å². The number of nitrogens with one attached hydrogen (secondary N) is 9. The predicted molar refractivity (Wildman–Crippen MR) is 292 cm³/mol. The van der Waals surface area contributed by atoms with Crippen LogP contribution < -0.4 is 82.3 Å². The molecular weight excluding hydrogens is 1000 g/mol. The summed E-state index contributed by atoms with van der Waals surface area (Å²) in [6.45, 7) is 18.3. The SMILES string of the molecule is CC[C@H](C)[C@H](NC(=O)[C@H](CCCN=C(N)N)NC(=O)[C@H](CCCCN)NC(=O)[C@@H](NC(=O)[C@@H](NC(=O)CN)C(C)C)C(C)C)C(=O)N[C@@H](CCCCN)C(=O)N[C@H](C(=O)N[C@H](C(=O)N[C@H](C(N)=O)C(C)C)C(C)C)[C@@H](C)O. The molecule has 0 saturated heterocycles. The van der Waals surface area contributed by atoms with Gasteiger partial charge >= 0.3 is 0 Å². The van der Waals surface area contributed by atoms with Crippen LogP contribution in [0.15, 0.2) is 4.99 Å². The van der Waals surface area contributed by atoms with E-state index in [0.717, 1.165) is 0 Å². The van der Waals surface area contributed by atoms with E-state index in [4.69, 9.17) is 34.4 Å². The zero-order valence-corrected chi connectivity index (χ0v) is 47.3. The zero-order chi connectivity index (χ0) is 59.3. The highest BCUT2D eigenvalue weighted by atomic mass is 16.3. The van der Waals surface area contributed by atoms with E-state index in [2.05, 4.69) is 52.8 Å². The van der Waals surface area contributed by atoms with Crippen LogP contribution in [0.1, 0.15) is 134 Å². The maximum absolute atomic E-state index is 14.4. The van der Waals surface area contributed by atoms with E-state index in [9.17, 15) is 53.1 Å². The van der Waals surface area contributed by atoms with Gasteiger partial charge in [-0.3, -0.25) is 52.9 Å². The number of aliphatic hydroxyl groups excluding tert-OH is 1. The van der Waals surface area contributed by atoms with Crippen LogP contribution in [0.4, 0.5) is 0 Å². The van der Waals surface area contributed by atoms with Gasteiger partial charge in [0.15, 0.2) is 5.96 Å². The lowest BCUT2D eigenvalue weighted by atomic mass is 9.96. The number of carbonyl (C=O) groups is 10. The van der Waals surface area contributed by atoms with E-state index in [1.54, 1.807) is 69.2 Å². The van der Waals surface area contributed by atoms with Crippen LogP contribution in [-0.2, 0) is 47.9 Å². The van der Waals surface area contributed by atoms with E-state index in [1.165, 1.54) is 6.92 Å². The van der Waals surface area contributed by atoms with Crippen molar-refractivity contribution in [3.63, 3.8) is 0 Å². The third kappa shape index (κ3) is 26.1. The number of hydrogen-bond donors (Lipinski definition) is 16. The molecule has 27 heteroatoms. The first-order valence-corrected chi connectivity index (χ1v) is 26.8. The average molecular weight is 1100 g/mol. The number of aliphatic imine (C=N–C) groups is 1. The van der Waals surface area contributed by atoms with Crippen molar-refractivity contribution in [2.45, 2.75) is 194 Å². The van der Waals surface area contributed by atoms with Crippen molar-refractivity contribution in [1.82, 2.24) is 47.9 Å². The Balaban J connectivity index is 6.93. The number of nitrogens with two attached hydrogens (primary N) is 6. The molecule has 0 bridgehead atoms. The van der Waals surface area contributed by atoms with E-state index in [-0.39, 0.29) is 69.7 Å². The topological polar surface area (TPSA) is 468 Å². The molecule has 0 spiro atoms. The maximum atomic E-state index is 14.4. The van der Waals surface area contributed by atoms with Crippen molar-refractivity contribution in [3.8, 4) is 0 Å². The predicted octanol–water partition coefficient (Wildman–Crippen LogP) is -3.84. The van der Waals surface area contributed by atoms with Gasteiger partial charge in [0.25, 0.3) is 0 Å². The molecule has 0 unspecified atom stereocenters. The van der Waals surface area contributed by atoms with Crippen molar-refractivity contribution >= 4 is 65.0 Å². The van der Waals surface area contributed by atoms with Gasteiger partial charge in [0.1, 0.15) is 54.4 Å². The highest BCUT2D eigenvalue weighted by Gasteiger charge is 2.38. The second kappa shape index (κ2) is 36.8. The normalized spacial score (nSPS) is 15.7. The lowest BCUT2D eigenvalue weighted by molar-refractivity contribution is -0.138. The van der Waals surface area contributed by atoms with Crippen molar-refractivity contribution in [2.75, 3.05) is 26.2 Å². The van der Waals surface area contributed by atoms with Crippen LogP contribution in [-0.4, -0.2) is 157 Å². The standard InChI is InChI=1S/C50H96N16O11/c1-12-29(10)39(48(76)60-32(19-14-16-22-52)44(72)66-40(30(11)67)49(77)64-38(28(8)9)47(75)62-35(25(2)3)41(54)69)65-43(71)33(20-17-23-57-50(55)56)58-42(70)31(18-13-15-21-51)59-45(73)37(27(6)7)63-46(74)36(26(4)5)61-34(68)24-53/h25-33,35-40,67H,12-24,51-53H2,1-11H3,(H2,54,69)(H,58,70)(H,59,73)(H,60,76)(H,61,68)(H,62,75)(H,63,74)(H,64,77)(H,65,71)(H,66,72)(H4,55,56,57)/t29-,30+,31-,32-,33-,35-,36-,37-,38-,39-,40-/m0/s1. The van der Waals surface area contributed by atoms with E-state index in [0.29, 0.717) is 32.1 Å². The summed E-state index contributed by atoms with van der Waals surface area (Å²) < 4.78 is 0. The van der Waals surface area contributed by atoms with Crippen molar-refractivity contribution in [3.05, 3.63) is 0 Å². The van der Waals surface area contributed by atoms with Gasteiger partial charge in [-0.05, 0) is 101 Å². The Morgan fingerprint density at radius 3 is 1.10 bits per heavy atom. The van der Waals surface area contributed by atoms with Crippen molar-refractivity contribution in [1.29, 1.82) is 0 Å². The van der Waals surface area contributed by atoms with E-state index in [1.807, 2.05) is 0 Å². The summed E-state index contributed by atoms with van der Waals surface area (Å²) in [6.07, 6.45) is 0.638. The van der Waals surface area contributed by atoms with Gasteiger partial charge in [-0.1, -0.05) is 75.7 Å². The number of nitrogens with zero attached hydrogens (tertiary/aromatic N) is 1. The first-order chi connectivity index (χ1) is 36.0. The summed E-state index contributed by atoms with van der Waals surface area (Å²) >= 11 is 0. The number of primary amides is 1. The molecule has 0 aromatic rings. The molecule has 0 saturated carbocycles.